The summed E-state index contributed by atoms with van der Waals surface area (Å²) in [5, 5.41) is 8.21. The third-order valence-electron chi connectivity index (χ3n) is 0.904. The highest BCUT2D eigenvalue weighted by Gasteiger charge is 2.06. The number of hydrogen-bond acceptors (Lipinski definition) is 4. The molecule has 13 heavy (non-hydrogen) atoms. The Labute approximate surface area is 74.8 Å². The zero-order valence-corrected chi connectivity index (χ0v) is 6.77. The minimum atomic E-state index is -1.30. The van der Waals surface area contributed by atoms with Crippen molar-refractivity contribution in [1.29, 1.82) is 0 Å². The van der Waals surface area contributed by atoms with Gasteiger partial charge in [0.05, 0.1) is 12.3 Å². The van der Waals surface area contributed by atoms with Gasteiger partial charge in [-0.3, -0.25) is 0 Å². The average Bonchev–Trinajstić information content (AvgIpc) is 2.03. The van der Waals surface area contributed by atoms with Crippen LogP contribution in [0.3, 0.4) is 0 Å². The minimum absolute atomic E-state index is 0.471. The number of rotatable bonds is 4. The third-order valence-corrected chi connectivity index (χ3v) is 0.904. The molecular weight excluding hydrogens is 174 g/mol. The molecule has 0 aromatic rings. The summed E-state index contributed by atoms with van der Waals surface area (Å²) in [7, 11) is 0. The van der Waals surface area contributed by atoms with Gasteiger partial charge in [-0.05, 0) is 6.08 Å². The minimum Gasteiger partial charge on any atom is -0.478 e. The molecule has 0 spiro atoms. The fourth-order valence-electron chi connectivity index (χ4n) is 0.417. The lowest BCUT2D eigenvalue weighted by atomic mass is 10.4. The standard InChI is InChI=1S/C8H9NO4/c1-2-3-4-13-8(12)6(9)5-7(10)11/h2-5H,1,9H2,(H,10,11). The molecule has 5 heteroatoms. The van der Waals surface area contributed by atoms with E-state index >= 15 is 0 Å². The number of carboxylic acids is 1. The maximum absolute atomic E-state index is 10.8. The second-order valence-electron chi connectivity index (χ2n) is 1.91. The van der Waals surface area contributed by atoms with Gasteiger partial charge < -0.3 is 15.6 Å². The SMILES string of the molecule is C=CC=COC(=O)C(N)=CC(=O)O. The highest BCUT2D eigenvalue weighted by atomic mass is 16.5. The van der Waals surface area contributed by atoms with E-state index in [1.807, 2.05) is 0 Å². The van der Waals surface area contributed by atoms with E-state index in [4.69, 9.17) is 10.8 Å². The lowest BCUT2D eigenvalue weighted by Crippen LogP contribution is -2.14. The van der Waals surface area contributed by atoms with E-state index < -0.39 is 17.6 Å². The lowest BCUT2D eigenvalue weighted by molar-refractivity contribution is -0.135. The Hall–Kier alpha value is -2.04. The summed E-state index contributed by atoms with van der Waals surface area (Å²) in [6, 6.07) is 0. The Morgan fingerprint density at radius 2 is 2.08 bits per heavy atom. The molecule has 0 bridgehead atoms. The van der Waals surface area contributed by atoms with Crippen LogP contribution in [0.2, 0.25) is 0 Å². The van der Waals surface area contributed by atoms with Gasteiger partial charge >= 0.3 is 11.9 Å². The van der Waals surface area contributed by atoms with Crippen LogP contribution < -0.4 is 5.73 Å². The maximum Gasteiger partial charge on any atom is 0.359 e. The van der Waals surface area contributed by atoms with Crippen molar-refractivity contribution in [3.8, 4) is 0 Å². The molecule has 5 nitrogen and oxygen atoms in total. The van der Waals surface area contributed by atoms with Crippen LogP contribution >= 0.6 is 0 Å². The van der Waals surface area contributed by atoms with E-state index in [1.54, 1.807) is 0 Å². The summed E-state index contributed by atoms with van der Waals surface area (Å²) in [5.74, 6) is -2.22. The molecule has 0 unspecified atom stereocenters. The molecule has 0 aliphatic heterocycles. The molecule has 0 aliphatic rings. The second-order valence-corrected chi connectivity index (χ2v) is 1.91. The number of carbonyl (C=O) groups is 2. The second kappa shape index (κ2) is 5.59. The van der Waals surface area contributed by atoms with Crippen molar-refractivity contribution in [2.45, 2.75) is 0 Å². The summed E-state index contributed by atoms with van der Waals surface area (Å²) in [5.41, 5.74) is 4.58. The number of nitrogens with two attached hydrogens (primary N) is 1. The van der Waals surface area contributed by atoms with Gasteiger partial charge in [-0.1, -0.05) is 12.7 Å². The first-order chi connectivity index (χ1) is 6.07. The molecule has 0 saturated carbocycles. The molecule has 0 aromatic heterocycles. The fraction of sp³-hybridized carbons (Fsp3) is 0. The molecule has 0 rings (SSSR count). The van der Waals surface area contributed by atoms with E-state index in [0.717, 1.165) is 6.26 Å². The van der Waals surface area contributed by atoms with Crippen LogP contribution in [0.4, 0.5) is 0 Å². The Bertz CT molecular complexity index is 278. The molecule has 3 N–H and O–H groups in total. The van der Waals surface area contributed by atoms with Gasteiger partial charge in [0.1, 0.15) is 5.70 Å². The van der Waals surface area contributed by atoms with E-state index in [1.165, 1.54) is 12.2 Å². The Balaban J connectivity index is 4.19. The van der Waals surface area contributed by atoms with E-state index in [0.29, 0.717) is 6.08 Å². The smallest absolute Gasteiger partial charge is 0.359 e. The molecule has 0 radical (unpaired) electrons. The third kappa shape index (κ3) is 5.25. The topological polar surface area (TPSA) is 89.6 Å². The van der Waals surface area contributed by atoms with Gasteiger partial charge in [-0.2, -0.15) is 0 Å². The van der Waals surface area contributed by atoms with Crippen LogP contribution in [0.15, 0.2) is 36.8 Å². The molecule has 0 aliphatic carbocycles. The van der Waals surface area contributed by atoms with E-state index in [9.17, 15) is 9.59 Å². The Morgan fingerprint density at radius 1 is 1.46 bits per heavy atom. The van der Waals surface area contributed by atoms with E-state index in [2.05, 4.69) is 11.3 Å². The van der Waals surface area contributed by atoms with Crippen LogP contribution in [0, 0.1) is 0 Å². The molecule has 0 fully saturated rings. The molecule has 0 aromatic carbocycles. The number of carbonyl (C=O) groups excluding carboxylic acids is 1. The van der Waals surface area contributed by atoms with Crippen LogP contribution in [-0.4, -0.2) is 17.0 Å². The van der Waals surface area contributed by atoms with Crippen molar-refractivity contribution in [2.75, 3.05) is 0 Å². The number of esters is 1. The van der Waals surface area contributed by atoms with Crippen molar-refractivity contribution in [1.82, 2.24) is 0 Å². The first-order valence-corrected chi connectivity index (χ1v) is 3.26. The molecular formula is C8H9NO4. The van der Waals surface area contributed by atoms with E-state index in [-0.39, 0.29) is 0 Å². The van der Waals surface area contributed by atoms with Gasteiger partial charge in [-0.15, -0.1) is 0 Å². The number of ether oxygens (including phenoxy) is 1. The maximum atomic E-state index is 10.8. The van der Waals surface area contributed by atoms with Crippen molar-refractivity contribution in [3.05, 3.63) is 36.8 Å². The van der Waals surface area contributed by atoms with Crippen LogP contribution in [0.25, 0.3) is 0 Å². The summed E-state index contributed by atoms with van der Waals surface area (Å²) in [6.07, 6.45) is 4.37. The summed E-state index contributed by atoms with van der Waals surface area (Å²) in [4.78, 5) is 20.8. The van der Waals surface area contributed by atoms with Crippen LogP contribution in [0.1, 0.15) is 0 Å². The monoisotopic (exact) mass is 183 g/mol. The van der Waals surface area contributed by atoms with Crippen molar-refractivity contribution in [2.24, 2.45) is 5.73 Å². The van der Waals surface area contributed by atoms with Crippen molar-refractivity contribution in [3.63, 3.8) is 0 Å². The fourth-order valence-corrected chi connectivity index (χ4v) is 0.417. The van der Waals surface area contributed by atoms with Crippen molar-refractivity contribution < 1.29 is 19.4 Å². The summed E-state index contributed by atoms with van der Waals surface area (Å²) >= 11 is 0. The van der Waals surface area contributed by atoms with Gasteiger partial charge in [0.25, 0.3) is 0 Å². The number of allylic oxidation sites excluding steroid dienone is 2. The zero-order chi connectivity index (χ0) is 10.3. The van der Waals surface area contributed by atoms with Crippen molar-refractivity contribution >= 4 is 11.9 Å². The molecule has 0 saturated heterocycles. The van der Waals surface area contributed by atoms with Crippen LogP contribution in [-0.2, 0) is 14.3 Å². The summed E-state index contributed by atoms with van der Waals surface area (Å²) in [6.45, 7) is 3.33. The van der Waals surface area contributed by atoms with Gasteiger partial charge in [0, 0.05) is 0 Å². The summed E-state index contributed by atoms with van der Waals surface area (Å²) < 4.78 is 4.40. The van der Waals surface area contributed by atoms with Gasteiger partial charge in [0.2, 0.25) is 0 Å². The van der Waals surface area contributed by atoms with Crippen LogP contribution in [0.5, 0.6) is 0 Å². The number of carboxylic acid groups (broad SMARTS) is 1. The van der Waals surface area contributed by atoms with Gasteiger partial charge in [0.15, 0.2) is 0 Å². The predicted molar refractivity (Wildman–Crippen MR) is 45.3 cm³/mol. The normalized spacial score (nSPS) is 11.2. The number of aliphatic carboxylic acids is 1. The quantitative estimate of drug-likeness (QED) is 0.280. The number of hydrogen-bond donors (Lipinski definition) is 2. The Morgan fingerprint density at radius 3 is 2.54 bits per heavy atom. The molecule has 0 amide bonds. The zero-order valence-electron chi connectivity index (χ0n) is 6.77. The first kappa shape index (κ1) is 11.0. The lowest BCUT2D eigenvalue weighted by Gasteiger charge is -1.96. The van der Waals surface area contributed by atoms with Gasteiger partial charge in [-0.25, -0.2) is 9.59 Å². The molecule has 70 valence electrons. The largest absolute Gasteiger partial charge is 0.478 e. The molecule has 0 heterocycles. The average molecular weight is 183 g/mol. The molecule has 0 atom stereocenters. The highest BCUT2D eigenvalue weighted by Crippen LogP contribution is 1.90. The highest BCUT2D eigenvalue weighted by molar-refractivity contribution is 5.95. The predicted octanol–water partition coefficient (Wildman–Crippen LogP) is 0.156. The Kier molecular flexibility index (Phi) is 4.71. The first-order valence-electron chi connectivity index (χ1n) is 3.26.